The second-order valence-corrected chi connectivity index (χ2v) is 2.91. The Morgan fingerprint density at radius 2 is 1.47 bits per heavy atom. The molecule has 0 aliphatic rings. The van der Waals surface area contributed by atoms with Crippen LogP contribution in [-0.4, -0.2) is 11.8 Å². The van der Waals surface area contributed by atoms with Gasteiger partial charge in [0, 0.05) is 12.3 Å². The Morgan fingerprint density at radius 3 is 1.53 bits per heavy atom. The molecule has 6 heteroatoms. The molecule has 0 aromatic rings. The van der Waals surface area contributed by atoms with E-state index in [4.69, 9.17) is 5.73 Å². The number of amides is 2. The molecular weight excluding hydrogens is 239 g/mol. The summed E-state index contributed by atoms with van der Waals surface area (Å²) in [6.45, 7) is 5.62. The quantitative estimate of drug-likeness (QED) is 0.805. The Kier molecular flexibility index (Phi) is 25.5. The van der Waals surface area contributed by atoms with Crippen LogP contribution in [-0.2, 0) is 9.59 Å². The number of halogens is 2. The summed E-state index contributed by atoms with van der Waals surface area (Å²) < 4.78 is 0. The predicted octanol–water partition coefficient (Wildman–Crippen LogP) is 1.63. The van der Waals surface area contributed by atoms with Gasteiger partial charge in [0.1, 0.15) is 0 Å². The summed E-state index contributed by atoms with van der Waals surface area (Å²) in [6, 6.07) is 0. The molecule has 0 spiro atoms. The number of hydrogen-bond acceptors (Lipinski definition) is 2. The second kappa shape index (κ2) is 16.0. The largest absolute Gasteiger partial charge is 0.370 e. The zero-order valence-electron chi connectivity index (χ0n) is 9.49. The summed E-state index contributed by atoms with van der Waals surface area (Å²) in [5, 5.41) is 0. The molecule has 0 aliphatic heterocycles. The summed E-state index contributed by atoms with van der Waals surface area (Å²) >= 11 is 0. The van der Waals surface area contributed by atoms with E-state index in [1.54, 1.807) is 6.92 Å². The van der Waals surface area contributed by atoms with Crippen molar-refractivity contribution in [3.05, 3.63) is 0 Å². The van der Waals surface area contributed by atoms with Crippen LogP contribution in [0.4, 0.5) is 0 Å². The van der Waals surface area contributed by atoms with Crippen molar-refractivity contribution in [3.8, 4) is 0 Å². The minimum Gasteiger partial charge on any atom is -0.370 e. The molecule has 0 aliphatic carbocycles. The van der Waals surface area contributed by atoms with Crippen LogP contribution in [0.25, 0.3) is 0 Å². The van der Waals surface area contributed by atoms with E-state index in [1.807, 2.05) is 13.8 Å². The first kappa shape index (κ1) is 24.0. The molecule has 1 atom stereocenters. The van der Waals surface area contributed by atoms with E-state index in [1.165, 1.54) is 0 Å². The Hall–Kier alpha value is -0.480. The number of hydrogen-bond donors (Lipinski definition) is 2. The first-order chi connectivity index (χ1) is 5.95. The lowest BCUT2D eigenvalue weighted by Crippen LogP contribution is -2.19. The van der Waals surface area contributed by atoms with Gasteiger partial charge >= 0.3 is 0 Å². The molecule has 0 bridgehead atoms. The van der Waals surface area contributed by atoms with Crippen molar-refractivity contribution in [2.45, 2.75) is 40.0 Å². The van der Waals surface area contributed by atoms with Crippen molar-refractivity contribution in [2.75, 3.05) is 0 Å². The fraction of sp³-hybridized carbons (Fsp3) is 0.778. The van der Waals surface area contributed by atoms with E-state index in [9.17, 15) is 9.59 Å². The van der Waals surface area contributed by atoms with E-state index in [0.29, 0.717) is 6.42 Å². The highest BCUT2D eigenvalue weighted by Gasteiger charge is 2.04. The van der Waals surface area contributed by atoms with E-state index < -0.39 is 0 Å². The first-order valence-electron chi connectivity index (χ1n) is 4.53. The van der Waals surface area contributed by atoms with Crippen molar-refractivity contribution in [1.82, 2.24) is 0 Å². The summed E-state index contributed by atoms with van der Waals surface area (Å²) in [5.74, 6) is -0.378. The van der Waals surface area contributed by atoms with Gasteiger partial charge in [0.05, 0.1) is 0 Å². The number of nitrogens with two attached hydrogens (primary N) is 2. The van der Waals surface area contributed by atoms with Gasteiger partial charge in [0.25, 0.3) is 0 Å². The van der Waals surface area contributed by atoms with Crippen LogP contribution in [0.3, 0.4) is 0 Å². The third-order valence-electron chi connectivity index (χ3n) is 1.56. The Bertz CT molecular complexity index is 166. The highest BCUT2D eigenvalue weighted by atomic mass is 35.5. The maximum Gasteiger partial charge on any atom is 0.220 e. The van der Waals surface area contributed by atoms with E-state index in [0.717, 1.165) is 12.8 Å². The van der Waals surface area contributed by atoms with E-state index >= 15 is 0 Å². The average molecular weight is 261 g/mol. The SMILES string of the molecule is CCC(N)=O.CCCC(C)C(N)=O.Cl.Cl. The van der Waals surface area contributed by atoms with E-state index in [-0.39, 0.29) is 42.5 Å². The van der Waals surface area contributed by atoms with Crippen LogP contribution in [0.1, 0.15) is 40.0 Å². The van der Waals surface area contributed by atoms with Crippen molar-refractivity contribution in [2.24, 2.45) is 17.4 Å². The monoisotopic (exact) mass is 260 g/mol. The van der Waals surface area contributed by atoms with Crippen LogP contribution in [0.2, 0.25) is 0 Å². The van der Waals surface area contributed by atoms with Gasteiger partial charge < -0.3 is 11.5 Å². The second-order valence-electron chi connectivity index (χ2n) is 2.91. The normalized spacial score (nSPS) is 9.53. The van der Waals surface area contributed by atoms with E-state index in [2.05, 4.69) is 5.73 Å². The van der Waals surface area contributed by atoms with Gasteiger partial charge in [-0.1, -0.05) is 27.2 Å². The van der Waals surface area contributed by atoms with Crippen molar-refractivity contribution in [3.63, 3.8) is 0 Å². The van der Waals surface area contributed by atoms with Crippen LogP contribution in [0.5, 0.6) is 0 Å². The topological polar surface area (TPSA) is 86.2 Å². The lowest BCUT2D eigenvalue weighted by Gasteiger charge is -2.01. The summed E-state index contributed by atoms with van der Waals surface area (Å²) in [4.78, 5) is 19.9. The van der Waals surface area contributed by atoms with Crippen molar-refractivity contribution < 1.29 is 9.59 Å². The third-order valence-corrected chi connectivity index (χ3v) is 1.56. The minimum atomic E-state index is -0.245. The van der Waals surface area contributed by atoms with Gasteiger partial charge in [0.2, 0.25) is 11.8 Å². The highest BCUT2D eigenvalue weighted by Crippen LogP contribution is 2.01. The van der Waals surface area contributed by atoms with Gasteiger partial charge in [-0.2, -0.15) is 0 Å². The molecule has 1 unspecified atom stereocenters. The average Bonchev–Trinajstić information content (AvgIpc) is 2.06. The first-order valence-corrected chi connectivity index (χ1v) is 4.53. The summed E-state index contributed by atoms with van der Waals surface area (Å²) in [5.41, 5.74) is 9.64. The Labute approximate surface area is 104 Å². The Balaban J connectivity index is -0.0000000770. The van der Waals surface area contributed by atoms with Gasteiger partial charge in [-0.05, 0) is 6.42 Å². The molecule has 0 rings (SSSR count). The lowest BCUT2D eigenvalue weighted by molar-refractivity contribution is -0.121. The highest BCUT2D eigenvalue weighted by molar-refractivity contribution is 5.85. The Morgan fingerprint density at radius 1 is 1.13 bits per heavy atom. The van der Waals surface area contributed by atoms with Gasteiger partial charge in [-0.3, -0.25) is 9.59 Å². The third kappa shape index (κ3) is 24.7. The zero-order chi connectivity index (χ0) is 10.9. The van der Waals surface area contributed by atoms with Gasteiger partial charge in [-0.25, -0.2) is 0 Å². The molecule has 94 valence electrons. The van der Waals surface area contributed by atoms with Crippen molar-refractivity contribution in [1.29, 1.82) is 0 Å². The molecule has 0 aromatic carbocycles. The van der Waals surface area contributed by atoms with Crippen LogP contribution in [0.15, 0.2) is 0 Å². The van der Waals surface area contributed by atoms with Crippen LogP contribution < -0.4 is 11.5 Å². The number of primary amides is 2. The molecule has 0 aromatic heterocycles. The fourth-order valence-electron chi connectivity index (χ4n) is 0.575. The molecule has 0 radical (unpaired) electrons. The molecule has 0 saturated carbocycles. The minimum absolute atomic E-state index is 0. The number of carbonyl (C=O) groups is 2. The lowest BCUT2D eigenvalue weighted by atomic mass is 10.1. The molecule has 0 fully saturated rings. The zero-order valence-corrected chi connectivity index (χ0v) is 11.1. The molecular formula is C9H22Cl2N2O2. The summed E-state index contributed by atoms with van der Waals surface area (Å²) in [7, 11) is 0. The molecule has 15 heavy (non-hydrogen) atoms. The molecule has 0 saturated heterocycles. The molecule has 4 nitrogen and oxygen atoms in total. The van der Waals surface area contributed by atoms with Crippen LogP contribution in [0, 0.1) is 5.92 Å². The molecule has 0 heterocycles. The van der Waals surface area contributed by atoms with Crippen LogP contribution >= 0.6 is 24.8 Å². The smallest absolute Gasteiger partial charge is 0.220 e. The fourth-order valence-corrected chi connectivity index (χ4v) is 0.575. The maximum absolute atomic E-state index is 10.3. The predicted molar refractivity (Wildman–Crippen MR) is 67.2 cm³/mol. The summed E-state index contributed by atoms with van der Waals surface area (Å²) in [6.07, 6.45) is 2.39. The van der Waals surface area contributed by atoms with Gasteiger partial charge in [0.15, 0.2) is 0 Å². The number of rotatable bonds is 4. The molecule has 2 amide bonds. The van der Waals surface area contributed by atoms with Gasteiger partial charge in [-0.15, -0.1) is 24.8 Å². The number of carbonyl (C=O) groups excluding carboxylic acids is 2. The standard InChI is InChI=1S/C6H13NO.C3H7NO.2ClH/c1-3-4-5(2)6(7)8;1-2-3(4)5;;/h5H,3-4H2,1-2H3,(H2,7,8);2H2,1H3,(H2,4,5);2*1H. The molecule has 4 N–H and O–H groups in total. The van der Waals surface area contributed by atoms with Crippen molar-refractivity contribution >= 4 is 36.6 Å². The maximum atomic E-state index is 10.3.